The first-order chi connectivity index (χ1) is 10.1. The van der Waals surface area contributed by atoms with Crippen molar-refractivity contribution in [2.24, 2.45) is 0 Å². The van der Waals surface area contributed by atoms with E-state index >= 15 is 0 Å². The molecule has 0 aromatic heterocycles. The Morgan fingerprint density at radius 1 is 1.29 bits per heavy atom. The molecule has 0 atom stereocenters. The quantitative estimate of drug-likeness (QED) is 0.530. The van der Waals surface area contributed by atoms with Gasteiger partial charge in [-0.3, -0.25) is 10.1 Å². The van der Waals surface area contributed by atoms with Gasteiger partial charge in [-0.05, 0) is 31.3 Å². The molecule has 6 nitrogen and oxygen atoms in total. The van der Waals surface area contributed by atoms with Gasteiger partial charge in [-0.15, -0.1) is 0 Å². The molecule has 0 saturated carbocycles. The molecule has 1 N–H and O–H groups in total. The summed E-state index contributed by atoms with van der Waals surface area (Å²) in [5, 5.41) is 14.3. The summed E-state index contributed by atoms with van der Waals surface area (Å²) in [5.74, 6) is 0.350. The van der Waals surface area contributed by atoms with Crippen LogP contribution < -0.4 is 10.1 Å². The first kappa shape index (κ1) is 17.4. The Kier molecular flexibility index (Phi) is 7.71. The molecular formula is C15H25N3O3. The molecule has 1 aromatic rings. The summed E-state index contributed by atoms with van der Waals surface area (Å²) in [5.41, 5.74) is 1.01. The third-order valence-electron chi connectivity index (χ3n) is 3.36. The Balaban J connectivity index is 2.73. The fourth-order valence-corrected chi connectivity index (χ4v) is 2.03. The summed E-state index contributed by atoms with van der Waals surface area (Å²) in [6.07, 6.45) is 0. The van der Waals surface area contributed by atoms with E-state index in [-0.39, 0.29) is 5.69 Å². The molecule has 0 radical (unpaired) electrons. The van der Waals surface area contributed by atoms with E-state index in [1.54, 1.807) is 12.1 Å². The van der Waals surface area contributed by atoms with Crippen LogP contribution >= 0.6 is 0 Å². The number of rotatable bonds is 10. The second kappa shape index (κ2) is 9.31. The molecule has 0 aliphatic carbocycles. The molecule has 1 rings (SSSR count). The van der Waals surface area contributed by atoms with Gasteiger partial charge in [0.15, 0.2) is 5.75 Å². The smallest absolute Gasteiger partial charge is 0.310 e. The van der Waals surface area contributed by atoms with Gasteiger partial charge in [0.2, 0.25) is 0 Å². The van der Waals surface area contributed by atoms with Crippen molar-refractivity contribution in [3.63, 3.8) is 0 Å². The van der Waals surface area contributed by atoms with Crippen LogP contribution in [0.2, 0.25) is 0 Å². The third kappa shape index (κ3) is 5.69. The summed E-state index contributed by atoms with van der Waals surface area (Å²) in [6.45, 7) is 10.8. The van der Waals surface area contributed by atoms with E-state index < -0.39 is 4.92 Å². The minimum atomic E-state index is -0.399. The van der Waals surface area contributed by atoms with Crippen molar-refractivity contribution in [2.45, 2.75) is 27.3 Å². The number of benzene rings is 1. The molecule has 0 fully saturated rings. The fourth-order valence-electron chi connectivity index (χ4n) is 2.03. The molecule has 21 heavy (non-hydrogen) atoms. The van der Waals surface area contributed by atoms with Gasteiger partial charge in [0.05, 0.1) is 4.92 Å². The molecular weight excluding hydrogens is 270 g/mol. The molecule has 1 aromatic carbocycles. The summed E-state index contributed by atoms with van der Waals surface area (Å²) >= 11 is 0. The number of likely N-dealkylation sites (N-methyl/N-ethyl adjacent to an activating group) is 1. The lowest BCUT2D eigenvalue weighted by Crippen LogP contribution is -2.28. The number of hydrogen-bond donors (Lipinski definition) is 1. The Morgan fingerprint density at radius 3 is 2.57 bits per heavy atom. The van der Waals surface area contributed by atoms with Crippen LogP contribution in [-0.4, -0.2) is 42.6 Å². The van der Waals surface area contributed by atoms with Crippen molar-refractivity contribution >= 4 is 5.69 Å². The average Bonchev–Trinajstić information content (AvgIpc) is 2.49. The van der Waals surface area contributed by atoms with Crippen LogP contribution in [0.3, 0.4) is 0 Å². The summed E-state index contributed by atoms with van der Waals surface area (Å²) in [7, 11) is 0. The molecule has 0 heterocycles. The minimum Gasteiger partial charge on any atom is -0.485 e. The zero-order chi connectivity index (χ0) is 15.7. The van der Waals surface area contributed by atoms with Gasteiger partial charge in [0.1, 0.15) is 6.61 Å². The van der Waals surface area contributed by atoms with E-state index in [2.05, 4.69) is 24.1 Å². The highest BCUT2D eigenvalue weighted by atomic mass is 16.6. The normalized spacial score (nSPS) is 10.9. The van der Waals surface area contributed by atoms with Crippen molar-refractivity contribution in [3.05, 3.63) is 33.9 Å². The highest BCUT2D eigenvalue weighted by Gasteiger charge is 2.15. The predicted molar refractivity (Wildman–Crippen MR) is 83.8 cm³/mol. The molecule has 0 aliphatic heterocycles. The van der Waals surface area contributed by atoms with E-state index in [0.717, 1.165) is 31.7 Å². The van der Waals surface area contributed by atoms with Gasteiger partial charge in [-0.2, -0.15) is 0 Å². The van der Waals surface area contributed by atoms with Gasteiger partial charge >= 0.3 is 5.69 Å². The summed E-state index contributed by atoms with van der Waals surface area (Å²) < 4.78 is 5.64. The number of nitro benzene ring substituents is 1. The zero-order valence-corrected chi connectivity index (χ0v) is 13.1. The number of nitrogens with one attached hydrogen (secondary N) is 1. The highest BCUT2D eigenvalue weighted by molar-refractivity contribution is 5.48. The molecule has 0 unspecified atom stereocenters. The second-order valence-electron chi connectivity index (χ2n) is 4.71. The summed E-state index contributed by atoms with van der Waals surface area (Å²) in [6, 6.07) is 5.03. The van der Waals surface area contributed by atoms with Gasteiger partial charge < -0.3 is 15.0 Å². The van der Waals surface area contributed by atoms with Crippen LogP contribution in [0.4, 0.5) is 5.69 Å². The topological polar surface area (TPSA) is 67.6 Å². The van der Waals surface area contributed by atoms with Crippen LogP contribution in [0.25, 0.3) is 0 Å². The average molecular weight is 295 g/mol. The van der Waals surface area contributed by atoms with Crippen LogP contribution in [0, 0.1) is 10.1 Å². The molecule has 6 heteroatoms. The van der Waals surface area contributed by atoms with Gasteiger partial charge in [0.25, 0.3) is 0 Å². The summed E-state index contributed by atoms with van der Waals surface area (Å²) in [4.78, 5) is 12.9. The van der Waals surface area contributed by atoms with Crippen molar-refractivity contribution < 1.29 is 9.66 Å². The van der Waals surface area contributed by atoms with E-state index in [9.17, 15) is 10.1 Å². The number of nitrogens with zero attached hydrogens (tertiary/aromatic N) is 2. The largest absolute Gasteiger partial charge is 0.485 e. The second-order valence-corrected chi connectivity index (χ2v) is 4.71. The third-order valence-corrected chi connectivity index (χ3v) is 3.36. The predicted octanol–water partition coefficient (Wildman–Crippen LogP) is 2.42. The van der Waals surface area contributed by atoms with E-state index in [4.69, 9.17) is 4.74 Å². The van der Waals surface area contributed by atoms with Gasteiger partial charge in [-0.25, -0.2) is 0 Å². The fraction of sp³-hybridized carbons (Fsp3) is 0.600. The lowest BCUT2D eigenvalue weighted by molar-refractivity contribution is -0.385. The van der Waals surface area contributed by atoms with Crippen LogP contribution in [-0.2, 0) is 6.54 Å². The number of nitro groups is 1. The highest BCUT2D eigenvalue weighted by Crippen LogP contribution is 2.28. The molecule has 0 saturated heterocycles. The SMILES string of the molecule is CCNCc1ccc([N+](=O)[O-])c(OCCN(CC)CC)c1. The Bertz CT molecular complexity index is 448. The maximum Gasteiger partial charge on any atom is 0.310 e. The first-order valence-electron chi connectivity index (χ1n) is 7.45. The molecule has 0 aliphatic rings. The van der Waals surface area contributed by atoms with E-state index in [1.165, 1.54) is 6.07 Å². The minimum absolute atomic E-state index is 0.0230. The Morgan fingerprint density at radius 2 is 2.00 bits per heavy atom. The lowest BCUT2D eigenvalue weighted by atomic mass is 10.2. The van der Waals surface area contributed by atoms with Gasteiger partial charge in [-0.1, -0.05) is 26.8 Å². The van der Waals surface area contributed by atoms with Crippen LogP contribution in [0.1, 0.15) is 26.3 Å². The lowest BCUT2D eigenvalue weighted by Gasteiger charge is -2.18. The van der Waals surface area contributed by atoms with Gasteiger partial charge in [0, 0.05) is 19.2 Å². The molecule has 0 spiro atoms. The maximum atomic E-state index is 11.1. The van der Waals surface area contributed by atoms with Crippen molar-refractivity contribution in [3.8, 4) is 5.75 Å². The van der Waals surface area contributed by atoms with E-state index in [0.29, 0.717) is 18.9 Å². The Labute approximate surface area is 126 Å². The van der Waals surface area contributed by atoms with Crippen molar-refractivity contribution in [1.29, 1.82) is 0 Å². The number of ether oxygens (including phenoxy) is 1. The first-order valence-corrected chi connectivity index (χ1v) is 7.45. The van der Waals surface area contributed by atoms with Crippen LogP contribution in [0.15, 0.2) is 18.2 Å². The van der Waals surface area contributed by atoms with Crippen LogP contribution in [0.5, 0.6) is 5.75 Å². The zero-order valence-electron chi connectivity index (χ0n) is 13.1. The van der Waals surface area contributed by atoms with Crippen molar-refractivity contribution in [2.75, 3.05) is 32.8 Å². The number of hydrogen-bond acceptors (Lipinski definition) is 5. The molecule has 118 valence electrons. The Hall–Kier alpha value is -1.66. The maximum absolute atomic E-state index is 11.1. The standard InChI is InChI=1S/C15H25N3O3/c1-4-16-12-13-7-8-14(18(19)20)15(11-13)21-10-9-17(5-2)6-3/h7-8,11,16H,4-6,9-10,12H2,1-3H3. The monoisotopic (exact) mass is 295 g/mol. The molecule has 0 bridgehead atoms. The molecule has 0 amide bonds. The van der Waals surface area contributed by atoms with E-state index in [1.807, 2.05) is 6.92 Å². The van der Waals surface area contributed by atoms with Crippen molar-refractivity contribution in [1.82, 2.24) is 10.2 Å².